The van der Waals surface area contributed by atoms with E-state index >= 15 is 0 Å². The number of esters is 1. The fourth-order valence-corrected chi connectivity index (χ4v) is 3.44. The normalized spacial score (nSPS) is 17.1. The van der Waals surface area contributed by atoms with Gasteiger partial charge in [-0.05, 0) is 43.7 Å². The van der Waals surface area contributed by atoms with Gasteiger partial charge in [-0.2, -0.15) is 0 Å². The number of carbonyl (C=O) groups excluding carboxylic acids is 3. The van der Waals surface area contributed by atoms with E-state index in [4.69, 9.17) is 16.3 Å². The molecule has 0 saturated carbocycles. The SMILES string of the molecule is Cc1ccc(N2C[C@H](C(=O)OCC(=O)N[C@@H](C)c3cccc(Cl)c3)CC2=O)cc1. The Morgan fingerprint density at radius 2 is 1.97 bits per heavy atom. The quantitative estimate of drug-likeness (QED) is 0.735. The van der Waals surface area contributed by atoms with Gasteiger partial charge in [0.15, 0.2) is 6.61 Å². The first-order valence-corrected chi connectivity index (χ1v) is 9.80. The lowest BCUT2D eigenvalue weighted by atomic mass is 10.1. The number of halogens is 1. The topological polar surface area (TPSA) is 75.7 Å². The molecule has 3 rings (SSSR count). The molecule has 0 aliphatic carbocycles. The van der Waals surface area contributed by atoms with Crippen molar-refractivity contribution in [3.63, 3.8) is 0 Å². The number of benzene rings is 2. The summed E-state index contributed by atoms with van der Waals surface area (Å²) < 4.78 is 5.14. The summed E-state index contributed by atoms with van der Waals surface area (Å²) in [7, 11) is 0. The highest BCUT2D eigenvalue weighted by molar-refractivity contribution is 6.30. The molecule has 1 aliphatic rings. The summed E-state index contributed by atoms with van der Waals surface area (Å²) in [5, 5.41) is 3.35. The van der Waals surface area contributed by atoms with Gasteiger partial charge in [-0.15, -0.1) is 0 Å². The molecule has 29 heavy (non-hydrogen) atoms. The maximum atomic E-state index is 12.3. The van der Waals surface area contributed by atoms with E-state index in [0.717, 1.165) is 16.8 Å². The standard InChI is InChI=1S/C22H23ClN2O4/c1-14-6-8-19(9-7-14)25-12-17(11-21(25)27)22(28)29-13-20(26)24-15(2)16-4-3-5-18(23)10-16/h3-10,15,17H,11-13H2,1-2H3,(H,24,26)/t15-,17+/m0/s1. The summed E-state index contributed by atoms with van der Waals surface area (Å²) >= 11 is 5.96. The van der Waals surface area contributed by atoms with Gasteiger partial charge in [0, 0.05) is 23.7 Å². The molecule has 6 nitrogen and oxygen atoms in total. The van der Waals surface area contributed by atoms with E-state index in [1.165, 1.54) is 0 Å². The Morgan fingerprint density at radius 3 is 2.66 bits per heavy atom. The molecule has 0 unspecified atom stereocenters. The van der Waals surface area contributed by atoms with E-state index in [1.54, 1.807) is 23.1 Å². The minimum Gasteiger partial charge on any atom is -0.455 e. The third-order valence-electron chi connectivity index (χ3n) is 4.88. The molecule has 0 bridgehead atoms. The second kappa shape index (κ2) is 9.09. The molecule has 1 aliphatic heterocycles. The molecule has 2 aromatic carbocycles. The summed E-state index contributed by atoms with van der Waals surface area (Å²) in [5.74, 6) is -1.67. The molecule has 7 heteroatoms. The Balaban J connectivity index is 1.49. The number of anilines is 1. The van der Waals surface area contributed by atoms with Crippen LogP contribution in [0.5, 0.6) is 0 Å². The first-order chi connectivity index (χ1) is 13.8. The van der Waals surface area contributed by atoms with Crippen LogP contribution in [-0.4, -0.2) is 30.9 Å². The zero-order chi connectivity index (χ0) is 21.0. The highest BCUT2D eigenvalue weighted by Gasteiger charge is 2.36. The predicted molar refractivity (Wildman–Crippen MR) is 111 cm³/mol. The average molecular weight is 415 g/mol. The average Bonchev–Trinajstić information content (AvgIpc) is 3.08. The Morgan fingerprint density at radius 1 is 1.24 bits per heavy atom. The number of aryl methyl sites for hydroxylation is 1. The van der Waals surface area contributed by atoms with E-state index in [2.05, 4.69) is 5.32 Å². The molecule has 2 amide bonds. The van der Waals surface area contributed by atoms with Gasteiger partial charge in [0.2, 0.25) is 5.91 Å². The molecule has 1 heterocycles. The Labute approximate surface area is 174 Å². The maximum Gasteiger partial charge on any atom is 0.311 e. The number of carbonyl (C=O) groups is 3. The van der Waals surface area contributed by atoms with Crippen molar-refractivity contribution in [3.05, 3.63) is 64.7 Å². The number of amides is 2. The molecule has 0 aromatic heterocycles. The number of nitrogens with zero attached hydrogens (tertiary/aromatic N) is 1. The number of hydrogen-bond donors (Lipinski definition) is 1. The molecule has 2 aromatic rings. The van der Waals surface area contributed by atoms with Crippen molar-refractivity contribution < 1.29 is 19.1 Å². The summed E-state index contributed by atoms with van der Waals surface area (Å²) in [4.78, 5) is 38.3. The summed E-state index contributed by atoms with van der Waals surface area (Å²) in [5.41, 5.74) is 2.70. The Hall–Kier alpha value is -2.86. The third kappa shape index (κ3) is 5.35. The van der Waals surface area contributed by atoms with E-state index in [-0.39, 0.29) is 31.5 Å². The molecule has 152 valence electrons. The van der Waals surface area contributed by atoms with Crippen molar-refractivity contribution in [1.82, 2.24) is 5.32 Å². The fourth-order valence-electron chi connectivity index (χ4n) is 3.24. The minimum absolute atomic E-state index is 0.0766. The number of hydrogen-bond acceptors (Lipinski definition) is 4. The molecule has 1 N–H and O–H groups in total. The Bertz CT molecular complexity index is 913. The van der Waals surface area contributed by atoms with Crippen LogP contribution in [-0.2, 0) is 19.1 Å². The highest BCUT2D eigenvalue weighted by atomic mass is 35.5. The van der Waals surface area contributed by atoms with Crippen LogP contribution < -0.4 is 10.2 Å². The first kappa shape index (κ1) is 20.9. The highest BCUT2D eigenvalue weighted by Crippen LogP contribution is 2.26. The first-order valence-electron chi connectivity index (χ1n) is 9.42. The van der Waals surface area contributed by atoms with Gasteiger partial charge in [0.05, 0.1) is 12.0 Å². The molecule has 0 radical (unpaired) electrons. The lowest BCUT2D eigenvalue weighted by Gasteiger charge is -2.17. The van der Waals surface area contributed by atoms with Crippen LogP contribution in [0.15, 0.2) is 48.5 Å². The summed E-state index contributed by atoms with van der Waals surface area (Å²) in [6.07, 6.45) is 0.0766. The van der Waals surface area contributed by atoms with E-state index in [9.17, 15) is 14.4 Å². The van der Waals surface area contributed by atoms with Crippen molar-refractivity contribution in [2.45, 2.75) is 26.3 Å². The zero-order valence-electron chi connectivity index (χ0n) is 16.4. The van der Waals surface area contributed by atoms with Gasteiger partial charge in [-0.1, -0.05) is 41.4 Å². The van der Waals surface area contributed by atoms with Gasteiger partial charge in [-0.3, -0.25) is 14.4 Å². The zero-order valence-corrected chi connectivity index (χ0v) is 17.1. The van der Waals surface area contributed by atoms with Gasteiger partial charge >= 0.3 is 5.97 Å². The van der Waals surface area contributed by atoms with Crippen LogP contribution in [0.25, 0.3) is 0 Å². The van der Waals surface area contributed by atoms with Gasteiger partial charge in [0.25, 0.3) is 5.91 Å². The monoisotopic (exact) mass is 414 g/mol. The lowest BCUT2D eigenvalue weighted by molar-refractivity contribution is -0.152. The third-order valence-corrected chi connectivity index (χ3v) is 5.11. The van der Waals surface area contributed by atoms with Crippen LogP contribution in [0, 0.1) is 12.8 Å². The van der Waals surface area contributed by atoms with Crippen LogP contribution in [0.2, 0.25) is 5.02 Å². The second-order valence-electron chi connectivity index (χ2n) is 7.19. The summed E-state index contributed by atoms with van der Waals surface area (Å²) in [6.45, 7) is 3.65. The molecular formula is C22H23ClN2O4. The van der Waals surface area contributed by atoms with E-state index in [1.807, 2.05) is 44.2 Å². The van der Waals surface area contributed by atoms with Gasteiger partial charge in [0.1, 0.15) is 0 Å². The van der Waals surface area contributed by atoms with Crippen LogP contribution >= 0.6 is 11.6 Å². The van der Waals surface area contributed by atoms with Gasteiger partial charge in [-0.25, -0.2) is 0 Å². The maximum absolute atomic E-state index is 12.3. The van der Waals surface area contributed by atoms with Crippen LogP contribution in [0.1, 0.15) is 30.5 Å². The van der Waals surface area contributed by atoms with E-state index in [0.29, 0.717) is 5.02 Å². The Kier molecular flexibility index (Phi) is 6.54. The number of ether oxygens (including phenoxy) is 1. The van der Waals surface area contributed by atoms with Crippen LogP contribution in [0.4, 0.5) is 5.69 Å². The van der Waals surface area contributed by atoms with E-state index < -0.39 is 17.8 Å². The molecule has 1 fully saturated rings. The second-order valence-corrected chi connectivity index (χ2v) is 7.63. The van der Waals surface area contributed by atoms with Gasteiger partial charge < -0.3 is 15.0 Å². The van der Waals surface area contributed by atoms with Crippen molar-refractivity contribution in [1.29, 1.82) is 0 Å². The van der Waals surface area contributed by atoms with Crippen molar-refractivity contribution in [2.75, 3.05) is 18.1 Å². The fraction of sp³-hybridized carbons (Fsp3) is 0.318. The minimum atomic E-state index is -0.582. The summed E-state index contributed by atoms with van der Waals surface area (Å²) in [6, 6.07) is 14.4. The molecular weight excluding hydrogens is 392 g/mol. The largest absolute Gasteiger partial charge is 0.455 e. The van der Waals surface area contributed by atoms with Crippen molar-refractivity contribution >= 4 is 35.1 Å². The number of rotatable bonds is 6. The van der Waals surface area contributed by atoms with Crippen molar-refractivity contribution in [3.8, 4) is 0 Å². The smallest absolute Gasteiger partial charge is 0.311 e. The lowest BCUT2D eigenvalue weighted by Crippen LogP contribution is -2.32. The predicted octanol–water partition coefficient (Wildman–Crippen LogP) is 3.42. The number of nitrogens with one attached hydrogen (secondary N) is 1. The van der Waals surface area contributed by atoms with Crippen LogP contribution in [0.3, 0.4) is 0 Å². The molecule has 1 saturated heterocycles. The molecule has 0 spiro atoms. The van der Waals surface area contributed by atoms with Crippen molar-refractivity contribution in [2.24, 2.45) is 5.92 Å². The molecule has 2 atom stereocenters.